The van der Waals surface area contributed by atoms with Crippen molar-refractivity contribution < 1.29 is 0 Å². The monoisotopic (exact) mass is 246 g/mol. The molecule has 0 saturated heterocycles. The number of hydrogen-bond donors (Lipinski definition) is 1. The maximum Gasteiger partial charge on any atom is 0.116 e. The Balaban J connectivity index is 2.08. The maximum absolute atomic E-state index is 4.42. The quantitative estimate of drug-likeness (QED) is 0.839. The second-order valence-corrected chi connectivity index (χ2v) is 4.67. The van der Waals surface area contributed by atoms with Gasteiger partial charge in [0.05, 0.1) is 5.69 Å². The molecule has 2 aromatic heterocycles. The molecule has 0 spiro atoms. The average molecular weight is 246 g/mol. The maximum atomic E-state index is 4.42. The van der Waals surface area contributed by atoms with E-state index in [1.165, 1.54) is 0 Å². The Morgan fingerprint density at radius 1 is 1.24 bits per heavy atom. The van der Waals surface area contributed by atoms with Gasteiger partial charge in [0, 0.05) is 23.3 Å². The molecule has 0 bridgehead atoms. The van der Waals surface area contributed by atoms with Crippen LogP contribution < -0.4 is 5.32 Å². The van der Waals surface area contributed by atoms with Crippen LogP contribution in [0.2, 0.25) is 0 Å². The standard InChI is InChI=1S/C12H14N4S/c1-9(13-2)11-4-3-10(7-15-11)17-12-5-6-14-8-16-12/h3-9,13H,1-2H3. The van der Waals surface area contributed by atoms with Crippen LogP contribution in [0.5, 0.6) is 0 Å². The molecule has 0 radical (unpaired) electrons. The fourth-order valence-electron chi connectivity index (χ4n) is 1.32. The molecule has 2 aromatic rings. The third kappa shape index (κ3) is 3.25. The molecule has 4 nitrogen and oxygen atoms in total. The summed E-state index contributed by atoms with van der Waals surface area (Å²) in [5.41, 5.74) is 1.04. The molecular weight excluding hydrogens is 232 g/mol. The SMILES string of the molecule is CNC(C)c1ccc(Sc2ccncn2)cn1. The van der Waals surface area contributed by atoms with E-state index in [1.807, 2.05) is 25.4 Å². The van der Waals surface area contributed by atoms with E-state index in [4.69, 9.17) is 0 Å². The second-order valence-electron chi connectivity index (χ2n) is 3.58. The van der Waals surface area contributed by atoms with Gasteiger partial charge in [-0.25, -0.2) is 9.97 Å². The number of rotatable bonds is 4. The summed E-state index contributed by atoms with van der Waals surface area (Å²) in [5, 5.41) is 4.09. The molecular formula is C12H14N4S. The summed E-state index contributed by atoms with van der Waals surface area (Å²) in [6.45, 7) is 2.08. The second kappa shape index (κ2) is 5.75. The Labute approximate surface area is 105 Å². The summed E-state index contributed by atoms with van der Waals surface area (Å²) in [4.78, 5) is 13.5. The van der Waals surface area contributed by atoms with Crippen molar-refractivity contribution in [3.8, 4) is 0 Å². The minimum absolute atomic E-state index is 0.271. The van der Waals surface area contributed by atoms with Gasteiger partial charge in [0.15, 0.2) is 0 Å². The van der Waals surface area contributed by atoms with Gasteiger partial charge in [-0.3, -0.25) is 4.98 Å². The van der Waals surface area contributed by atoms with Crippen LogP contribution in [-0.2, 0) is 0 Å². The van der Waals surface area contributed by atoms with E-state index in [0.29, 0.717) is 0 Å². The van der Waals surface area contributed by atoms with E-state index in [9.17, 15) is 0 Å². The summed E-state index contributed by atoms with van der Waals surface area (Å²) in [7, 11) is 1.93. The third-order valence-corrected chi connectivity index (χ3v) is 3.34. The predicted octanol–water partition coefficient (Wildman–Crippen LogP) is 2.30. The van der Waals surface area contributed by atoms with Crippen LogP contribution in [0, 0.1) is 0 Å². The molecule has 5 heteroatoms. The molecule has 2 heterocycles. The Morgan fingerprint density at radius 2 is 2.12 bits per heavy atom. The van der Waals surface area contributed by atoms with Gasteiger partial charge in [0.2, 0.25) is 0 Å². The van der Waals surface area contributed by atoms with Crippen molar-refractivity contribution in [2.75, 3.05) is 7.05 Å². The smallest absolute Gasteiger partial charge is 0.116 e. The summed E-state index contributed by atoms with van der Waals surface area (Å²) >= 11 is 1.58. The van der Waals surface area contributed by atoms with E-state index in [1.54, 1.807) is 24.3 Å². The largest absolute Gasteiger partial charge is 0.312 e. The van der Waals surface area contributed by atoms with Crippen molar-refractivity contribution in [1.29, 1.82) is 0 Å². The molecule has 88 valence electrons. The molecule has 0 aliphatic rings. The highest BCUT2D eigenvalue weighted by Gasteiger charge is 2.04. The van der Waals surface area contributed by atoms with Crippen LogP contribution in [0.4, 0.5) is 0 Å². The first kappa shape index (κ1) is 12.0. The highest BCUT2D eigenvalue weighted by Crippen LogP contribution is 2.25. The minimum atomic E-state index is 0.271. The fourth-order valence-corrected chi connectivity index (χ4v) is 2.03. The molecule has 17 heavy (non-hydrogen) atoms. The van der Waals surface area contributed by atoms with E-state index >= 15 is 0 Å². The number of pyridine rings is 1. The zero-order valence-electron chi connectivity index (χ0n) is 9.79. The molecule has 1 atom stereocenters. The molecule has 0 fully saturated rings. The molecule has 0 aliphatic carbocycles. The van der Waals surface area contributed by atoms with Crippen molar-refractivity contribution in [3.05, 3.63) is 42.6 Å². The first-order valence-corrected chi connectivity index (χ1v) is 6.18. The van der Waals surface area contributed by atoms with Gasteiger partial charge in [-0.2, -0.15) is 0 Å². The van der Waals surface area contributed by atoms with Crippen LogP contribution in [0.25, 0.3) is 0 Å². The lowest BCUT2D eigenvalue weighted by atomic mass is 10.2. The summed E-state index contributed by atoms with van der Waals surface area (Å²) in [6.07, 6.45) is 5.16. The Hall–Kier alpha value is -1.46. The van der Waals surface area contributed by atoms with Gasteiger partial charge in [-0.05, 0) is 32.2 Å². The van der Waals surface area contributed by atoms with E-state index in [0.717, 1.165) is 15.6 Å². The van der Waals surface area contributed by atoms with Crippen molar-refractivity contribution in [3.63, 3.8) is 0 Å². The number of nitrogens with one attached hydrogen (secondary N) is 1. The summed E-state index contributed by atoms with van der Waals surface area (Å²) in [6, 6.07) is 6.25. The Morgan fingerprint density at radius 3 is 2.71 bits per heavy atom. The van der Waals surface area contributed by atoms with Crippen molar-refractivity contribution >= 4 is 11.8 Å². The van der Waals surface area contributed by atoms with Gasteiger partial charge < -0.3 is 5.32 Å². The number of aromatic nitrogens is 3. The average Bonchev–Trinajstić information content (AvgIpc) is 2.40. The lowest BCUT2D eigenvalue weighted by Gasteiger charge is -2.09. The predicted molar refractivity (Wildman–Crippen MR) is 67.9 cm³/mol. The summed E-state index contributed by atoms with van der Waals surface area (Å²) < 4.78 is 0. The summed E-state index contributed by atoms with van der Waals surface area (Å²) in [5.74, 6) is 0. The normalized spacial score (nSPS) is 12.4. The molecule has 0 amide bonds. The third-order valence-electron chi connectivity index (χ3n) is 2.41. The first-order valence-electron chi connectivity index (χ1n) is 5.36. The zero-order chi connectivity index (χ0) is 12.1. The van der Waals surface area contributed by atoms with Crippen molar-refractivity contribution in [2.45, 2.75) is 22.9 Å². The van der Waals surface area contributed by atoms with Gasteiger partial charge in [0.1, 0.15) is 11.4 Å². The van der Waals surface area contributed by atoms with Crippen LogP contribution in [0.3, 0.4) is 0 Å². The zero-order valence-corrected chi connectivity index (χ0v) is 10.6. The van der Waals surface area contributed by atoms with Crippen LogP contribution >= 0.6 is 11.8 Å². The Bertz CT molecular complexity index is 458. The molecule has 0 aromatic carbocycles. The van der Waals surface area contributed by atoms with Crippen LogP contribution in [-0.4, -0.2) is 22.0 Å². The molecule has 0 aliphatic heterocycles. The van der Waals surface area contributed by atoms with Gasteiger partial charge in [-0.15, -0.1) is 0 Å². The molecule has 1 N–H and O–H groups in total. The van der Waals surface area contributed by atoms with Gasteiger partial charge >= 0.3 is 0 Å². The highest BCUT2D eigenvalue weighted by molar-refractivity contribution is 7.99. The Kier molecular flexibility index (Phi) is 4.06. The van der Waals surface area contributed by atoms with Crippen molar-refractivity contribution in [1.82, 2.24) is 20.3 Å². The van der Waals surface area contributed by atoms with Gasteiger partial charge in [0.25, 0.3) is 0 Å². The lowest BCUT2D eigenvalue weighted by molar-refractivity contribution is 0.631. The minimum Gasteiger partial charge on any atom is -0.312 e. The first-order chi connectivity index (χ1) is 8.29. The lowest BCUT2D eigenvalue weighted by Crippen LogP contribution is -2.13. The molecule has 2 rings (SSSR count). The fraction of sp³-hybridized carbons (Fsp3) is 0.250. The van der Waals surface area contributed by atoms with Crippen molar-refractivity contribution in [2.24, 2.45) is 0 Å². The van der Waals surface area contributed by atoms with Gasteiger partial charge in [-0.1, -0.05) is 11.8 Å². The molecule has 1 unspecified atom stereocenters. The topological polar surface area (TPSA) is 50.7 Å². The van der Waals surface area contributed by atoms with E-state index in [-0.39, 0.29) is 6.04 Å². The number of hydrogen-bond acceptors (Lipinski definition) is 5. The van der Waals surface area contributed by atoms with Crippen LogP contribution in [0.1, 0.15) is 18.7 Å². The van der Waals surface area contributed by atoms with E-state index in [2.05, 4.69) is 33.3 Å². The van der Waals surface area contributed by atoms with Crippen LogP contribution in [0.15, 0.2) is 46.8 Å². The highest BCUT2D eigenvalue weighted by atomic mass is 32.2. The molecule has 0 saturated carbocycles. The van der Waals surface area contributed by atoms with E-state index < -0.39 is 0 Å². The number of nitrogens with zero attached hydrogens (tertiary/aromatic N) is 3.